The van der Waals surface area contributed by atoms with Crippen LogP contribution in [0.4, 0.5) is 0 Å². The maximum Gasteiger partial charge on any atom is 0.0255 e. The molecule has 11 heavy (non-hydrogen) atoms. The van der Waals surface area contributed by atoms with Gasteiger partial charge in [-0.2, -0.15) is 0 Å². The summed E-state index contributed by atoms with van der Waals surface area (Å²) >= 11 is 3.82. The fraction of sp³-hybridized carbons (Fsp3) is 0.111. The molecule has 0 bridgehead atoms. The monoisotopic (exact) mass is 274 g/mol. The lowest BCUT2D eigenvalue weighted by Gasteiger charge is -1.89. The number of halogens is 1. The summed E-state index contributed by atoms with van der Waals surface area (Å²) in [5, 5.41) is 2.95. The zero-order valence-electron chi connectivity index (χ0n) is 6.10. The highest BCUT2D eigenvalue weighted by atomic mass is 127. The van der Waals surface area contributed by atoms with Crippen molar-refractivity contribution in [1.29, 1.82) is 0 Å². The van der Waals surface area contributed by atoms with Gasteiger partial charge < -0.3 is 0 Å². The first kappa shape index (κ1) is 8.95. The molecule has 0 saturated heterocycles. The summed E-state index contributed by atoms with van der Waals surface area (Å²) in [6, 6.07) is 8.19. The normalized spacial score (nSPS) is 8.55. The zero-order valence-corrected chi connectivity index (χ0v) is 9.07. The van der Waals surface area contributed by atoms with Crippen LogP contribution in [0.25, 0.3) is 0 Å². The van der Waals surface area contributed by atoms with Gasteiger partial charge in [-0.25, -0.2) is 0 Å². The van der Waals surface area contributed by atoms with Gasteiger partial charge in [0.2, 0.25) is 0 Å². The molecule has 0 aliphatic carbocycles. The van der Waals surface area contributed by atoms with E-state index in [9.17, 15) is 0 Å². The first-order valence-electron chi connectivity index (χ1n) is 3.12. The molecule has 0 radical (unpaired) electrons. The van der Waals surface area contributed by atoms with E-state index >= 15 is 0 Å². The van der Waals surface area contributed by atoms with Gasteiger partial charge in [0, 0.05) is 9.13 Å². The Bertz CT molecular complexity index is 279. The largest absolute Gasteiger partial charge is 0.0781 e. The summed E-state index contributed by atoms with van der Waals surface area (Å²) < 4.78 is 1.25. The highest BCUT2D eigenvalue weighted by molar-refractivity contribution is 14.1. The lowest BCUT2D eigenvalue weighted by Crippen LogP contribution is -1.73. The fourth-order valence-corrected chi connectivity index (χ4v) is 1.22. The molecular weight excluding hydrogens is 267 g/mol. The molecule has 0 unspecified atom stereocenters. The van der Waals surface area contributed by atoms with Gasteiger partial charge in [-0.3, -0.25) is 0 Å². The van der Waals surface area contributed by atoms with E-state index in [1.165, 1.54) is 15.3 Å². The van der Waals surface area contributed by atoms with Crippen LogP contribution in [0.1, 0.15) is 5.56 Å². The van der Waals surface area contributed by atoms with E-state index in [1.807, 2.05) is 18.4 Å². The number of benzene rings is 1. The van der Waals surface area contributed by atoms with Crippen LogP contribution in [0.3, 0.4) is 0 Å². The Balaban J connectivity index is 2.82. The summed E-state index contributed by atoms with van der Waals surface area (Å²) in [6.07, 6.45) is 1.97. The smallest absolute Gasteiger partial charge is 0.0255 e. The van der Waals surface area contributed by atoms with Gasteiger partial charge in [0.25, 0.3) is 0 Å². The first-order chi connectivity index (χ1) is 5.33. The van der Waals surface area contributed by atoms with Crippen molar-refractivity contribution in [1.82, 2.24) is 0 Å². The maximum absolute atomic E-state index is 3.03. The lowest BCUT2D eigenvalue weighted by molar-refractivity contribution is 1.60. The summed E-state index contributed by atoms with van der Waals surface area (Å²) in [6.45, 7) is 0. The van der Waals surface area contributed by atoms with Crippen LogP contribution in [0.15, 0.2) is 24.3 Å². The van der Waals surface area contributed by atoms with Crippen LogP contribution < -0.4 is 0 Å². The molecule has 0 amide bonds. The Morgan fingerprint density at radius 1 is 1.27 bits per heavy atom. The van der Waals surface area contributed by atoms with Crippen LogP contribution in [0.5, 0.6) is 0 Å². The maximum atomic E-state index is 3.03. The molecule has 1 rings (SSSR count). The summed E-state index contributed by atoms with van der Waals surface area (Å²) in [5.41, 5.74) is 1.08. The minimum absolute atomic E-state index is 1.08. The average molecular weight is 274 g/mol. The number of thioether (sulfide) groups is 1. The SMILES string of the molecule is CSC#Cc1ccc(I)cc1. The molecule has 0 aliphatic heterocycles. The molecule has 0 saturated carbocycles. The molecule has 0 aliphatic rings. The minimum atomic E-state index is 1.08. The van der Waals surface area contributed by atoms with E-state index in [2.05, 4.69) is 45.9 Å². The molecule has 1 aromatic rings. The fourth-order valence-electron chi connectivity index (χ4n) is 0.643. The average Bonchev–Trinajstić information content (AvgIpc) is 2.04. The zero-order chi connectivity index (χ0) is 8.10. The van der Waals surface area contributed by atoms with Crippen molar-refractivity contribution in [3.8, 4) is 11.2 Å². The van der Waals surface area contributed by atoms with Crippen molar-refractivity contribution >= 4 is 34.4 Å². The van der Waals surface area contributed by atoms with E-state index < -0.39 is 0 Å². The number of hydrogen-bond donors (Lipinski definition) is 0. The second-order valence-corrected chi connectivity index (χ2v) is 3.80. The van der Waals surface area contributed by atoms with Gasteiger partial charge in [-0.15, -0.1) is 0 Å². The Morgan fingerprint density at radius 2 is 1.91 bits per heavy atom. The molecule has 0 aromatic heterocycles. The van der Waals surface area contributed by atoms with E-state index in [0.717, 1.165) is 5.56 Å². The molecule has 56 valence electrons. The molecule has 0 N–H and O–H groups in total. The van der Waals surface area contributed by atoms with Gasteiger partial charge in [-0.1, -0.05) is 17.7 Å². The van der Waals surface area contributed by atoms with Crippen molar-refractivity contribution in [2.75, 3.05) is 6.26 Å². The van der Waals surface area contributed by atoms with E-state index in [-0.39, 0.29) is 0 Å². The van der Waals surface area contributed by atoms with Crippen LogP contribution in [-0.2, 0) is 0 Å². The van der Waals surface area contributed by atoms with Crippen LogP contribution in [0.2, 0.25) is 0 Å². The van der Waals surface area contributed by atoms with Crippen molar-refractivity contribution in [2.45, 2.75) is 0 Å². The molecule has 0 atom stereocenters. The lowest BCUT2D eigenvalue weighted by atomic mass is 10.2. The highest BCUT2D eigenvalue weighted by Crippen LogP contribution is 2.05. The number of rotatable bonds is 0. The predicted molar refractivity (Wildman–Crippen MR) is 59.6 cm³/mol. The van der Waals surface area contributed by atoms with Crippen LogP contribution in [0, 0.1) is 14.7 Å². The van der Waals surface area contributed by atoms with E-state index in [4.69, 9.17) is 0 Å². The highest BCUT2D eigenvalue weighted by Gasteiger charge is 1.85. The van der Waals surface area contributed by atoms with Crippen molar-refractivity contribution in [3.05, 3.63) is 33.4 Å². The topological polar surface area (TPSA) is 0 Å². The van der Waals surface area contributed by atoms with E-state index in [1.54, 1.807) is 0 Å². The molecule has 0 fully saturated rings. The van der Waals surface area contributed by atoms with E-state index in [0.29, 0.717) is 0 Å². The number of hydrogen-bond acceptors (Lipinski definition) is 1. The van der Waals surface area contributed by atoms with Gasteiger partial charge in [0.1, 0.15) is 0 Å². The van der Waals surface area contributed by atoms with Crippen molar-refractivity contribution < 1.29 is 0 Å². The van der Waals surface area contributed by atoms with Gasteiger partial charge in [0.05, 0.1) is 0 Å². The Kier molecular flexibility index (Phi) is 3.81. The first-order valence-corrected chi connectivity index (χ1v) is 5.43. The Morgan fingerprint density at radius 3 is 2.45 bits per heavy atom. The molecule has 0 heterocycles. The molecule has 1 aromatic carbocycles. The molecular formula is C9H7IS. The summed E-state index contributed by atoms with van der Waals surface area (Å²) in [7, 11) is 0. The van der Waals surface area contributed by atoms with Gasteiger partial charge in [0.15, 0.2) is 0 Å². The van der Waals surface area contributed by atoms with Crippen LogP contribution >= 0.6 is 34.4 Å². The van der Waals surface area contributed by atoms with Gasteiger partial charge >= 0.3 is 0 Å². The Hall–Kier alpha value is -0.140. The van der Waals surface area contributed by atoms with Crippen LogP contribution in [-0.4, -0.2) is 6.26 Å². The minimum Gasteiger partial charge on any atom is -0.0781 e. The second kappa shape index (κ2) is 4.68. The molecule has 0 nitrogen and oxygen atoms in total. The quantitative estimate of drug-likeness (QED) is 0.517. The third kappa shape index (κ3) is 3.17. The summed E-state index contributed by atoms with van der Waals surface area (Å²) in [5.74, 6) is 3.03. The van der Waals surface area contributed by atoms with Crippen molar-refractivity contribution in [3.63, 3.8) is 0 Å². The predicted octanol–water partition coefficient (Wildman–Crippen LogP) is 2.96. The van der Waals surface area contributed by atoms with Crippen molar-refractivity contribution in [2.24, 2.45) is 0 Å². The second-order valence-electron chi connectivity index (χ2n) is 1.94. The molecule has 0 spiro atoms. The summed E-state index contributed by atoms with van der Waals surface area (Å²) in [4.78, 5) is 0. The van der Waals surface area contributed by atoms with Gasteiger partial charge in [-0.05, 0) is 58.4 Å². The third-order valence-electron chi connectivity index (χ3n) is 1.14. The standard InChI is InChI=1S/C9H7IS/c1-11-7-6-8-2-4-9(10)5-3-8/h2-5H,1H3. The Labute approximate surface area is 84.9 Å². The molecule has 2 heteroatoms. The third-order valence-corrected chi connectivity index (χ3v) is 2.17.